The van der Waals surface area contributed by atoms with E-state index in [4.69, 9.17) is 4.74 Å². The lowest BCUT2D eigenvalue weighted by Gasteiger charge is -2.31. The van der Waals surface area contributed by atoms with Gasteiger partial charge in [0.25, 0.3) is 0 Å². The summed E-state index contributed by atoms with van der Waals surface area (Å²) in [6, 6.07) is 4.53. The fourth-order valence-corrected chi connectivity index (χ4v) is 2.49. The Morgan fingerprint density at radius 3 is 2.67 bits per heavy atom. The number of anilines is 2. The minimum atomic E-state index is 0.326. The van der Waals surface area contributed by atoms with E-state index in [0.717, 1.165) is 17.9 Å². The molecule has 18 heavy (non-hydrogen) atoms. The van der Waals surface area contributed by atoms with Gasteiger partial charge in [-0.15, -0.1) is 0 Å². The van der Waals surface area contributed by atoms with Crippen molar-refractivity contribution in [2.45, 2.75) is 37.8 Å². The van der Waals surface area contributed by atoms with Gasteiger partial charge in [0.05, 0.1) is 24.0 Å². The maximum Gasteiger partial charge on any atom is 0.128 e. The van der Waals surface area contributed by atoms with Crippen LogP contribution in [0.3, 0.4) is 0 Å². The van der Waals surface area contributed by atoms with E-state index in [1.807, 2.05) is 31.3 Å². The zero-order valence-corrected chi connectivity index (χ0v) is 11.5. The van der Waals surface area contributed by atoms with Crippen molar-refractivity contribution in [3.05, 3.63) is 18.3 Å². The summed E-state index contributed by atoms with van der Waals surface area (Å²) < 4.78 is 5.55. The maximum absolute atomic E-state index is 5.55. The predicted octanol–water partition coefficient (Wildman–Crippen LogP) is 2.52. The predicted molar refractivity (Wildman–Crippen MR) is 75.2 cm³/mol. The van der Waals surface area contributed by atoms with E-state index in [9.17, 15) is 0 Å². The van der Waals surface area contributed by atoms with E-state index in [0.29, 0.717) is 12.1 Å². The molecule has 0 aromatic carbocycles. The van der Waals surface area contributed by atoms with Crippen LogP contribution >= 0.6 is 0 Å². The minimum absolute atomic E-state index is 0.326. The zero-order valence-electron chi connectivity index (χ0n) is 11.5. The van der Waals surface area contributed by atoms with Gasteiger partial charge >= 0.3 is 0 Å². The third-order valence-electron chi connectivity index (χ3n) is 3.56. The molecule has 1 aliphatic rings. The van der Waals surface area contributed by atoms with Crippen LogP contribution in [0.15, 0.2) is 18.3 Å². The Morgan fingerprint density at radius 2 is 2.06 bits per heavy atom. The molecule has 0 amide bonds. The van der Waals surface area contributed by atoms with Gasteiger partial charge < -0.3 is 15.0 Å². The smallest absolute Gasteiger partial charge is 0.128 e. The van der Waals surface area contributed by atoms with Gasteiger partial charge in [0, 0.05) is 21.2 Å². The Morgan fingerprint density at radius 1 is 1.28 bits per heavy atom. The fourth-order valence-electron chi connectivity index (χ4n) is 2.49. The highest BCUT2D eigenvalue weighted by Gasteiger charge is 2.24. The Hall–Kier alpha value is -1.29. The first-order valence-electron chi connectivity index (χ1n) is 6.63. The Bertz CT molecular complexity index is 364. The summed E-state index contributed by atoms with van der Waals surface area (Å²) in [6.07, 6.45) is 7.10. The Labute approximate surface area is 109 Å². The van der Waals surface area contributed by atoms with Gasteiger partial charge in [-0.3, -0.25) is 0 Å². The second-order valence-corrected chi connectivity index (χ2v) is 5.11. The van der Waals surface area contributed by atoms with Crippen molar-refractivity contribution in [3.8, 4) is 0 Å². The van der Waals surface area contributed by atoms with Crippen molar-refractivity contribution in [2.24, 2.45) is 0 Å². The number of nitrogens with one attached hydrogen (secondary N) is 1. The van der Waals surface area contributed by atoms with Crippen molar-refractivity contribution in [1.82, 2.24) is 4.98 Å². The summed E-state index contributed by atoms with van der Waals surface area (Å²) in [7, 11) is 5.80. The molecule has 0 aliphatic heterocycles. The Kier molecular flexibility index (Phi) is 4.42. The molecule has 1 N–H and O–H groups in total. The summed E-state index contributed by atoms with van der Waals surface area (Å²) in [5, 5.41) is 3.54. The number of pyridine rings is 1. The number of nitrogens with zero attached hydrogens (tertiary/aromatic N) is 2. The number of hydrogen-bond donors (Lipinski definition) is 1. The van der Waals surface area contributed by atoms with E-state index >= 15 is 0 Å². The van der Waals surface area contributed by atoms with Crippen LogP contribution in [0.5, 0.6) is 0 Å². The molecule has 2 rings (SSSR count). The summed E-state index contributed by atoms with van der Waals surface area (Å²) in [5.74, 6) is 0.979. The first-order chi connectivity index (χ1) is 8.70. The van der Waals surface area contributed by atoms with Crippen molar-refractivity contribution >= 4 is 11.5 Å². The molecule has 0 radical (unpaired) electrons. The molecule has 2 unspecified atom stereocenters. The summed E-state index contributed by atoms with van der Waals surface area (Å²) in [4.78, 5) is 6.42. The highest BCUT2D eigenvalue weighted by Crippen LogP contribution is 2.24. The molecular formula is C14H23N3O. The molecule has 1 heterocycles. The summed E-state index contributed by atoms with van der Waals surface area (Å²) >= 11 is 0. The molecule has 4 nitrogen and oxygen atoms in total. The van der Waals surface area contributed by atoms with Crippen molar-refractivity contribution < 1.29 is 4.74 Å². The molecule has 1 saturated carbocycles. The van der Waals surface area contributed by atoms with E-state index in [2.05, 4.69) is 16.4 Å². The van der Waals surface area contributed by atoms with Gasteiger partial charge in [-0.2, -0.15) is 0 Å². The topological polar surface area (TPSA) is 37.4 Å². The number of ether oxygens (including phenoxy) is 1. The molecule has 2 atom stereocenters. The molecule has 4 heteroatoms. The average molecular weight is 249 g/mol. The van der Waals surface area contributed by atoms with Crippen LogP contribution in [-0.4, -0.2) is 38.3 Å². The van der Waals surface area contributed by atoms with Crippen LogP contribution in [-0.2, 0) is 4.74 Å². The second-order valence-electron chi connectivity index (χ2n) is 5.11. The number of methoxy groups -OCH3 is 1. The van der Waals surface area contributed by atoms with Crippen LogP contribution in [0, 0.1) is 0 Å². The van der Waals surface area contributed by atoms with E-state index < -0.39 is 0 Å². The highest BCUT2D eigenvalue weighted by molar-refractivity contribution is 5.48. The number of rotatable bonds is 4. The van der Waals surface area contributed by atoms with Crippen LogP contribution in [0.2, 0.25) is 0 Å². The molecule has 100 valence electrons. The minimum Gasteiger partial charge on any atom is -0.379 e. The van der Waals surface area contributed by atoms with Crippen LogP contribution in [0.25, 0.3) is 0 Å². The van der Waals surface area contributed by atoms with Crippen molar-refractivity contribution in [2.75, 3.05) is 31.4 Å². The van der Waals surface area contributed by atoms with E-state index in [-0.39, 0.29) is 0 Å². The summed E-state index contributed by atoms with van der Waals surface area (Å²) in [5.41, 5.74) is 1.08. The van der Waals surface area contributed by atoms with Crippen LogP contribution in [0.1, 0.15) is 25.7 Å². The third kappa shape index (κ3) is 3.13. The highest BCUT2D eigenvalue weighted by atomic mass is 16.5. The van der Waals surface area contributed by atoms with Gasteiger partial charge in [0.1, 0.15) is 5.82 Å². The lowest BCUT2D eigenvalue weighted by atomic mass is 9.92. The first kappa shape index (κ1) is 13.1. The summed E-state index contributed by atoms with van der Waals surface area (Å²) in [6.45, 7) is 0. The lowest BCUT2D eigenvalue weighted by Crippen LogP contribution is -2.37. The van der Waals surface area contributed by atoms with Gasteiger partial charge in [-0.05, 0) is 25.0 Å². The molecule has 0 saturated heterocycles. The lowest BCUT2D eigenvalue weighted by molar-refractivity contribution is 0.0606. The molecule has 1 aromatic rings. The fraction of sp³-hybridized carbons (Fsp3) is 0.643. The second kappa shape index (κ2) is 6.05. The maximum atomic E-state index is 5.55. The monoisotopic (exact) mass is 249 g/mol. The van der Waals surface area contributed by atoms with E-state index in [1.165, 1.54) is 19.3 Å². The van der Waals surface area contributed by atoms with Gasteiger partial charge in [-0.1, -0.05) is 12.8 Å². The van der Waals surface area contributed by atoms with Gasteiger partial charge in [0.2, 0.25) is 0 Å². The van der Waals surface area contributed by atoms with E-state index in [1.54, 1.807) is 7.11 Å². The molecule has 1 aromatic heterocycles. The quantitative estimate of drug-likeness (QED) is 0.889. The molecular weight excluding hydrogens is 226 g/mol. The normalized spacial score (nSPS) is 23.7. The molecule has 0 bridgehead atoms. The largest absolute Gasteiger partial charge is 0.379 e. The third-order valence-corrected chi connectivity index (χ3v) is 3.56. The molecule has 1 fully saturated rings. The molecule has 0 spiro atoms. The van der Waals surface area contributed by atoms with Crippen LogP contribution in [0.4, 0.5) is 11.5 Å². The van der Waals surface area contributed by atoms with Gasteiger partial charge in [0.15, 0.2) is 0 Å². The molecule has 1 aliphatic carbocycles. The van der Waals surface area contributed by atoms with Crippen LogP contribution < -0.4 is 10.2 Å². The first-order valence-corrected chi connectivity index (χ1v) is 6.63. The average Bonchev–Trinajstić information content (AvgIpc) is 2.40. The SMILES string of the molecule is COC1CCCCC1Nc1ccc(N(C)C)nc1. The van der Waals surface area contributed by atoms with Crippen molar-refractivity contribution in [3.63, 3.8) is 0 Å². The standard InChI is InChI=1S/C14H23N3O/c1-17(2)14-9-8-11(10-15-14)16-12-6-4-5-7-13(12)18-3/h8-10,12-13,16H,4-7H2,1-3H3. The van der Waals surface area contributed by atoms with Gasteiger partial charge in [-0.25, -0.2) is 4.98 Å². The number of aromatic nitrogens is 1. The van der Waals surface area contributed by atoms with Crippen molar-refractivity contribution in [1.29, 1.82) is 0 Å². The Balaban J connectivity index is 1.99. The zero-order chi connectivity index (χ0) is 13.0. The number of hydrogen-bond acceptors (Lipinski definition) is 4.